The summed E-state index contributed by atoms with van der Waals surface area (Å²) in [5, 5.41) is 5.48. The maximum atomic E-state index is 13.6. The molecule has 284 valence electrons. The maximum Gasteiger partial charge on any atom is 0.340 e. The van der Waals surface area contributed by atoms with Crippen molar-refractivity contribution >= 4 is 51.7 Å². The van der Waals surface area contributed by atoms with Crippen molar-refractivity contribution in [3.8, 4) is 22.8 Å². The number of cyclic esters (lactones) is 1. The van der Waals surface area contributed by atoms with Crippen LogP contribution in [0.2, 0.25) is 0 Å². The number of carbonyl (C=O) groups excluding carboxylic acids is 3. The van der Waals surface area contributed by atoms with Gasteiger partial charge in [-0.25, -0.2) is 19.7 Å². The largest absolute Gasteiger partial charge is 0.441 e. The van der Waals surface area contributed by atoms with E-state index in [4.69, 9.17) is 31.9 Å². The molecule has 1 aliphatic rings. The Morgan fingerprint density at radius 1 is 0.842 bits per heavy atom. The summed E-state index contributed by atoms with van der Waals surface area (Å²) in [6.07, 6.45) is 4.96. The number of benzene rings is 4. The van der Waals surface area contributed by atoms with Crippen LogP contribution in [0.3, 0.4) is 0 Å². The monoisotopic (exact) mass is 758 g/mol. The number of anilines is 4. The first-order valence-electron chi connectivity index (χ1n) is 18.2. The zero-order valence-electron chi connectivity index (χ0n) is 31.3. The summed E-state index contributed by atoms with van der Waals surface area (Å²) in [6.45, 7) is 6.11. The second kappa shape index (κ2) is 14.2. The molecule has 3 aromatic heterocycles. The van der Waals surface area contributed by atoms with Gasteiger partial charge in [-0.1, -0.05) is 30.3 Å². The van der Waals surface area contributed by atoms with Crippen LogP contribution in [0.15, 0.2) is 104 Å². The van der Waals surface area contributed by atoms with Gasteiger partial charge in [0.05, 0.1) is 35.7 Å². The van der Waals surface area contributed by atoms with Gasteiger partial charge in [-0.2, -0.15) is 0 Å². The van der Waals surface area contributed by atoms with E-state index in [1.54, 1.807) is 61.1 Å². The lowest BCUT2D eigenvalue weighted by atomic mass is 9.76. The van der Waals surface area contributed by atoms with Crippen molar-refractivity contribution in [2.24, 2.45) is 0 Å². The number of nitrogens with zero attached hydrogens (tertiary/aromatic N) is 5. The van der Waals surface area contributed by atoms with E-state index in [1.807, 2.05) is 61.7 Å². The van der Waals surface area contributed by atoms with Crippen LogP contribution in [0.4, 0.5) is 22.9 Å². The predicted molar refractivity (Wildman–Crippen MR) is 218 cm³/mol. The first-order valence-corrected chi connectivity index (χ1v) is 18.2. The van der Waals surface area contributed by atoms with Gasteiger partial charge in [0, 0.05) is 57.6 Å². The van der Waals surface area contributed by atoms with Crippen LogP contribution in [-0.2, 0) is 21.7 Å². The number of aryl methyl sites for hydroxylation is 3. The van der Waals surface area contributed by atoms with Crippen LogP contribution in [0.25, 0.3) is 33.8 Å². The molecule has 14 heteroatoms. The van der Waals surface area contributed by atoms with Gasteiger partial charge in [0.25, 0.3) is 5.91 Å². The second-order valence-electron chi connectivity index (χ2n) is 13.8. The highest BCUT2D eigenvalue weighted by Crippen LogP contribution is 2.49. The number of ether oxygens (including phenoxy) is 1. The minimum Gasteiger partial charge on any atom is -0.441 e. The third-order valence-electron chi connectivity index (χ3n) is 10.1. The van der Waals surface area contributed by atoms with Gasteiger partial charge >= 0.3 is 5.97 Å². The number of hydrogen-bond donors (Lipinski definition) is 5. The van der Waals surface area contributed by atoms with Crippen LogP contribution >= 0.6 is 0 Å². The van der Waals surface area contributed by atoms with Gasteiger partial charge in [0.2, 0.25) is 5.91 Å². The Morgan fingerprint density at radius 2 is 1.56 bits per heavy atom. The zero-order chi connectivity index (χ0) is 40.0. The van der Waals surface area contributed by atoms with E-state index < -0.39 is 23.4 Å². The van der Waals surface area contributed by atoms with Crippen molar-refractivity contribution in [2.75, 3.05) is 29.1 Å². The van der Waals surface area contributed by atoms with E-state index >= 15 is 0 Å². The summed E-state index contributed by atoms with van der Waals surface area (Å²) in [7, 11) is 0. The quantitative estimate of drug-likeness (QED) is 0.0879. The summed E-state index contributed by atoms with van der Waals surface area (Å²) in [5.41, 5.74) is 26.1. The molecule has 1 aliphatic heterocycles. The SMILES string of the molecule is CCn1c(-c2nc(-c3cccc(NC(=O)CNC(=O)c4ccc5c(c4)C(=O)OC5(c4ccc(N)cc4C)c4ccc(N)cc4C)c3)cnc2N)nc2cnccc21. The fraction of sp³-hybridized carbons (Fsp3) is 0.140. The number of aromatic nitrogens is 5. The number of rotatable bonds is 9. The van der Waals surface area contributed by atoms with Gasteiger partial charge in [-0.05, 0) is 86.5 Å². The van der Waals surface area contributed by atoms with E-state index in [2.05, 4.69) is 20.6 Å². The number of carbonyl (C=O) groups is 3. The number of pyridine rings is 1. The molecule has 0 saturated carbocycles. The highest BCUT2D eigenvalue weighted by molar-refractivity contribution is 6.03. The summed E-state index contributed by atoms with van der Waals surface area (Å²) in [4.78, 5) is 58.3. The number of imidazole rings is 1. The average molecular weight is 759 g/mol. The van der Waals surface area contributed by atoms with Gasteiger partial charge in [-0.15, -0.1) is 0 Å². The molecule has 7 aromatic rings. The van der Waals surface area contributed by atoms with Crippen LogP contribution in [0, 0.1) is 13.8 Å². The summed E-state index contributed by atoms with van der Waals surface area (Å²) in [5.74, 6) is -0.805. The molecule has 0 atom stereocenters. The Kier molecular flexibility index (Phi) is 9.08. The van der Waals surface area contributed by atoms with Crippen molar-refractivity contribution in [1.82, 2.24) is 29.8 Å². The molecular weight excluding hydrogens is 721 g/mol. The summed E-state index contributed by atoms with van der Waals surface area (Å²) in [6, 6.07) is 24.7. The minimum atomic E-state index is -1.31. The molecule has 0 radical (unpaired) electrons. The molecule has 8 rings (SSSR count). The number of amides is 2. The van der Waals surface area contributed by atoms with Gasteiger partial charge < -0.3 is 37.1 Å². The molecule has 4 heterocycles. The molecule has 57 heavy (non-hydrogen) atoms. The molecular formula is C43H38N10O4. The van der Waals surface area contributed by atoms with Crippen LogP contribution in [-0.4, -0.2) is 48.8 Å². The highest BCUT2D eigenvalue weighted by atomic mass is 16.6. The normalized spacial score (nSPS) is 12.9. The van der Waals surface area contributed by atoms with E-state index in [0.717, 1.165) is 27.8 Å². The second-order valence-corrected chi connectivity index (χ2v) is 13.8. The van der Waals surface area contributed by atoms with E-state index in [-0.39, 0.29) is 23.5 Å². The summed E-state index contributed by atoms with van der Waals surface area (Å²) < 4.78 is 8.29. The Labute approximate surface area is 327 Å². The fourth-order valence-electron chi connectivity index (χ4n) is 7.53. The van der Waals surface area contributed by atoms with Crippen molar-refractivity contribution in [2.45, 2.75) is 32.9 Å². The first kappa shape index (κ1) is 36.4. The van der Waals surface area contributed by atoms with Gasteiger partial charge in [0.1, 0.15) is 11.2 Å². The van der Waals surface area contributed by atoms with Crippen LogP contribution in [0.5, 0.6) is 0 Å². The first-order chi connectivity index (χ1) is 27.5. The third-order valence-corrected chi connectivity index (χ3v) is 10.1. The lowest BCUT2D eigenvalue weighted by Gasteiger charge is -2.33. The lowest BCUT2D eigenvalue weighted by molar-refractivity contribution is -0.115. The van der Waals surface area contributed by atoms with Crippen molar-refractivity contribution in [1.29, 1.82) is 0 Å². The number of nitrogens with one attached hydrogen (secondary N) is 2. The number of fused-ring (bicyclic) bond motifs is 2. The number of hydrogen-bond acceptors (Lipinski definition) is 11. The van der Waals surface area contributed by atoms with Crippen molar-refractivity contribution in [3.05, 3.63) is 142 Å². The van der Waals surface area contributed by atoms with Gasteiger partial charge in [0.15, 0.2) is 17.2 Å². The number of nitrogens with two attached hydrogens (primary N) is 3. The van der Waals surface area contributed by atoms with E-state index in [0.29, 0.717) is 57.5 Å². The van der Waals surface area contributed by atoms with Crippen molar-refractivity contribution in [3.63, 3.8) is 0 Å². The molecule has 2 amide bonds. The number of nitrogen functional groups attached to an aromatic ring is 3. The minimum absolute atomic E-state index is 0.185. The smallest absolute Gasteiger partial charge is 0.340 e. The maximum absolute atomic E-state index is 13.6. The average Bonchev–Trinajstić information content (AvgIpc) is 3.71. The zero-order valence-corrected chi connectivity index (χ0v) is 31.3. The topological polar surface area (TPSA) is 219 Å². The Hall–Kier alpha value is -7.61. The van der Waals surface area contributed by atoms with Crippen LogP contribution < -0.4 is 27.8 Å². The standard InChI is InChI=1S/C43H38N10O4/c1-4-53-36-14-15-47-20-35(36)52-40(53)38-39(46)48-21-34(51-38)25-6-5-7-29(18-25)50-37(54)22-49-41(55)26-8-11-33-30(19-26)42(56)57-43(33,31-12-9-27(44)16-23(31)2)32-13-10-28(45)17-24(32)3/h5-21H,4,22,44-45H2,1-3H3,(H2,46,48)(H,49,55)(H,50,54). The molecule has 0 aliphatic carbocycles. The van der Waals surface area contributed by atoms with Crippen LogP contribution in [0.1, 0.15) is 55.5 Å². The molecule has 0 bridgehead atoms. The summed E-state index contributed by atoms with van der Waals surface area (Å²) >= 11 is 0. The molecule has 0 unspecified atom stereocenters. The van der Waals surface area contributed by atoms with Gasteiger partial charge in [-0.3, -0.25) is 14.6 Å². The fourth-order valence-corrected chi connectivity index (χ4v) is 7.53. The molecule has 0 spiro atoms. The lowest BCUT2D eigenvalue weighted by Crippen LogP contribution is -2.33. The predicted octanol–water partition coefficient (Wildman–Crippen LogP) is 5.77. The third kappa shape index (κ3) is 6.42. The molecule has 8 N–H and O–H groups in total. The molecule has 0 fully saturated rings. The Morgan fingerprint density at radius 3 is 2.26 bits per heavy atom. The molecule has 4 aromatic carbocycles. The Balaban J connectivity index is 1.00. The van der Waals surface area contributed by atoms with Crippen molar-refractivity contribution < 1.29 is 19.1 Å². The van der Waals surface area contributed by atoms with E-state index in [1.165, 1.54) is 6.07 Å². The van der Waals surface area contributed by atoms with E-state index in [9.17, 15) is 14.4 Å². The molecule has 0 saturated heterocycles. The number of esters is 1. The highest BCUT2D eigenvalue weighted by Gasteiger charge is 2.50. The molecule has 14 nitrogen and oxygen atoms in total. The Bertz CT molecular complexity index is 2730.